The van der Waals surface area contributed by atoms with Gasteiger partial charge in [0.1, 0.15) is 11.8 Å². The second kappa shape index (κ2) is 10.7. The van der Waals surface area contributed by atoms with Crippen LogP contribution < -0.4 is 15.4 Å². The van der Waals surface area contributed by atoms with E-state index in [0.29, 0.717) is 30.0 Å². The predicted octanol–water partition coefficient (Wildman–Crippen LogP) is 3.56. The molecule has 2 aromatic carbocycles. The molecule has 178 valence electrons. The molecule has 1 saturated heterocycles. The molecule has 3 rings (SSSR count). The summed E-state index contributed by atoms with van der Waals surface area (Å²) in [5, 5.41) is 5.72. The lowest BCUT2D eigenvalue weighted by Gasteiger charge is -2.27. The molecule has 0 bridgehead atoms. The number of carbonyl (C=O) groups excluding carboxylic acids is 3. The SMILES string of the molecule is COc1ccc(C(NC(=O)CN2CCCCC2=O)C(=O)Nc2ccc(S(C)(C)C)cc2)cc1. The van der Waals surface area contributed by atoms with Crippen molar-refractivity contribution in [2.24, 2.45) is 0 Å². The summed E-state index contributed by atoms with van der Waals surface area (Å²) in [6.07, 6.45) is 8.83. The van der Waals surface area contributed by atoms with Gasteiger partial charge in [-0.1, -0.05) is 12.1 Å². The Morgan fingerprint density at radius 1 is 1.03 bits per heavy atom. The minimum absolute atomic E-state index is 0.0251. The fourth-order valence-electron chi connectivity index (χ4n) is 3.67. The summed E-state index contributed by atoms with van der Waals surface area (Å²) in [5.41, 5.74) is 1.29. The van der Waals surface area contributed by atoms with Gasteiger partial charge in [0, 0.05) is 18.7 Å². The van der Waals surface area contributed by atoms with Crippen LogP contribution in [0.25, 0.3) is 0 Å². The molecule has 0 aromatic heterocycles. The largest absolute Gasteiger partial charge is 0.497 e. The molecular weight excluding hydrogens is 438 g/mol. The summed E-state index contributed by atoms with van der Waals surface area (Å²) in [6, 6.07) is 13.9. The number of anilines is 1. The van der Waals surface area contributed by atoms with E-state index in [-0.39, 0.29) is 24.3 Å². The molecule has 1 atom stereocenters. The second-order valence-corrected chi connectivity index (χ2v) is 13.0. The quantitative estimate of drug-likeness (QED) is 0.616. The van der Waals surface area contributed by atoms with Gasteiger partial charge in [0.05, 0.1) is 13.7 Å². The van der Waals surface area contributed by atoms with Crippen LogP contribution in [-0.4, -0.2) is 61.6 Å². The molecule has 2 N–H and O–H groups in total. The number of nitrogens with zero attached hydrogens (tertiary/aromatic N) is 1. The number of amides is 3. The van der Waals surface area contributed by atoms with E-state index in [1.807, 2.05) is 24.3 Å². The van der Waals surface area contributed by atoms with E-state index >= 15 is 0 Å². The smallest absolute Gasteiger partial charge is 0.251 e. The Hall–Kier alpha value is -3.00. The maximum absolute atomic E-state index is 13.2. The van der Waals surface area contributed by atoms with Gasteiger partial charge in [-0.3, -0.25) is 14.4 Å². The lowest BCUT2D eigenvalue weighted by molar-refractivity contribution is -0.138. The summed E-state index contributed by atoms with van der Waals surface area (Å²) < 4.78 is 5.21. The van der Waals surface area contributed by atoms with Crippen LogP contribution in [0.15, 0.2) is 53.4 Å². The number of benzene rings is 2. The van der Waals surface area contributed by atoms with Gasteiger partial charge in [-0.15, -0.1) is 0 Å². The topological polar surface area (TPSA) is 87.7 Å². The number of ether oxygens (including phenoxy) is 1. The number of nitrogens with one attached hydrogen (secondary N) is 2. The Kier molecular flexibility index (Phi) is 8.02. The first-order valence-electron chi connectivity index (χ1n) is 11.0. The first-order valence-corrected chi connectivity index (χ1v) is 13.8. The van der Waals surface area contributed by atoms with E-state index in [1.54, 1.807) is 36.3 Å². The molecule has 1 unspecified atom stereocenters. The normalized spacial score (nSPS) is 15.5. The predicted molar refractivity (Wildman–Crippen MR) is 133 cm³/mol. The Bertz CT molecular complexity index is 984. The molecule has 0 aliphatic carbocycles. The zero-order chi connectivity index (χ0) is 24.0. The van der Waals surface area contributed by atoms with E-state index < -0.39 is 16.1 Å². The summed E-state index contributed by atoms with van der Waals surface area (Å²) in [5.74, 6) is -0.0893. The number of likely N-dealkylation sites (tertiary alicyclic amines) is 1. The maximum Gasteiger partial charge on any atom is 0.251 e. The summed E-state index contributed by atoms with van der Waals surface area (Å²) >= 11 is 0. The second-order valence-electron chi connectivity index (χ2n) is 8.90. The van der Waals surface area contributed by atoms with Crippen molar-refractivity contribution in [3.05, 3.63) is 54.1 Å². The van der Waals surface area contributed by atoms with Gasteiger partial charge < -0.3 is 20.3 Å². The van der Waals surface area contributed by atoms with Crippen molar-refractivity contribution >= 4 is 33.4 Å². The molecule has 2 aromatic rings. The van der Waals surface area contributed by atoms with Gasteiger partial charge >= 0.3 is 0 Å². The molecule has 33 heavy (non-hydrogen) atoms. The van der Waals surface area contributed by atoms with Crippen LogP contribution in [0.4, 0.5) is 5.69 Å². The number of hydrogen-bond acceptors (Lipinski definition) is 4. The molecular formula is C25H33N3O4S. The van der Waals surface area contributed by atoms with Crippen molar-refractivity contribution < 1.29 is 19.1 Å². The minimum atomic E-state index is -0.906. The van der Waals surface area contributed by atoms with Gasteiger partial charge in [0.15, 0.2) is 0 Å². The molecule has 1 heterocycles. The monoisotopic (exact) mass is 471 g/mol. The zero-order valence-electron chi connectivity index (χ0n) is 19.7. The van der Waals surface area contributed by atoms with E-state index in [4.69, 9.17) is 4.74 Å². The zero-order valence-corrected chi connectivity index (χ0v) is 20.5. The number of piperidine rings is 1. The average molecular weight is 472 g/mol. The first kappa shape index (κ1) is 24.6. The van der Waals surface area contributed by atoms with Crippen LogP contribution in [-0.2, 0) is 14.4 Å². The summed E-state index contributed by atoms with van der Waals surface area (Å²) in [7, 11) is 0.707. The van der Waals surface area contributed by atoms with Crippen molar-refractivity contribution in [2.45, 2.75) is 30.2 Å². The standard InChI is InChI=1S/C25H33N3O4S/c1-32-20-12-8-18(9-13-20)24(27-22(29)17-28-16-6-5-7-23(28)30)25(31)26-19-10-14-21(15-11-19)33(2,3)4/h8-15,24H,5-7,16-17H2,1-4H3,(H,26,31)(H,27,29). The van der Waals surface area contributed by atoms with Crippen LogP contribution in [0.3, 0.4) is 0 Å². The van der Waals surface area contributed by atoms with Crippen molar-refractivity contribution in [1.82, 2.24) is 10.2 Å². The van der Waals surface area contributed by atoms with Crippen LogP contribution >= 0.6 is 10.0 Å². The molecule has 0 saturated carbocycles. The van der Waals surface area contributed by atoms with Crippen LogP contribution in [0, 0.1) is 0 Å². The van der Waals surface area contributed by atoms with Crippen LogP contribution in [0.2, 0.25) is 0 Å². The highest BCUT2D eigenvalue weighted by molar-refractivity contribution is 8.32. The van der Waals surface area contributed by atoms with E-state index in [0.717, 1.165) is 12.8 Å². The Morgan fingerprint density at radius 3 is 2.27 bits per heavy atom. The number of methoxy groups -OCH3 is 1. The highest BCUT2D eigenvalue weighted by Gasteiger charge is 2.26. The molecule has 7 nitrogen and oxygen atoms in total. The van der Waals surface area contributed by atoms with Gasteiger partial charge in [-0.05, 0) is 78.5 Å². The number of hydrogen-bond donors (Lipinski definition) is 2. The third-order valence-electron chi connectivity index (χ3n) is 5.60. The lowest BCUT2D eigenvalue weighted by atomic mass is 10.1. The van der Waals surface area contributed by atoms with Crippen molar-refractivity contribution in [3.63, 3.8) is 0 Å². The van der Waals surface area contributed by atoms with E-state index in [1.165, 1.54) is 4.90 Å². The van der Waals surface area contributed by atoms with Crippen molar-refractivity contribution in [1.29, 1.82) is 0 Å². The maximum atomic E-state index is 13.2. The van der Waals surface area contributed by atoms with Crippen molar-refractivity contribution in [3.8, 4) is 5.75 Å². The Labute approximate surface area is 197 Å². The molecule has 0 spiro atoms. The average Bonchev–Trinajstić information content (AvgIpc) is 2.79. The van der Waals surface area contributed by atoms with Gasteiger partial charge in [0.2, 0.25) is 11.8 Å². The first-order chi connectivity index (χ1) is 15.7. The van der Waals surface area contributed by atoms with Gasteiger partial charge in [0.25, 0.3) is 5.91 Å². The van der Waals surface area contributed by atoms with Crippen LogP contribution in [0.1, 0.15) is 30.9 Å². The molecule has 1 aliphatic rings. The van der Waals surface area contributed by atoms with Crippen molar-refractivity contribution in [2.75, 3.05) is 44.3 Å². The molecule has 1 fully saturated rings. The van der Waals surface area contributed by atoms with Crippen LogP contribution in [0.5, 0.6) is 5.75 Å². The lowest BCUT2D eigenvalue weighted by Crippen LogP contribution is -2.45. The Balaban J connectivity index is 1.76. The Morgan fingerprint density at radius 2 is 1.70 bits per heavy atom. The summed E-state index contributed by atoms with van der Waals surface area (Å²) in [6.45, 7) is 0.510. The minimum Gasteiger partial charge on any atom is -0.497 e. The third-order valence-corrected chi connectivity index (χ3v) is 7.29. The van der Waals surface area contributed by atoms with Gasteiger partial charge in [-0.2, -0.15) is 0 Å². The molecule has 1 aliphatic heterocycles. The fourth-order valence-corrected chi connectivity index (χ4v) is 4.62. The van der Waals surface area contributed by atoms with E-state index in [2.05, 4.69) is 29.4 Å². The van der Waals surface area contributed by atoms with E-state index in [9.17, 15) is 14.4 Å². The molecule has 0 radical (unpaired) electrons. The fraction of sp³-hybridized carbons (Fsp3) is 0.400. The number of rotatable bonds is 8. The number of carbonyl (C=O) groups is 3. The van der Waals surface area contributed by atoms with Gasteiger partial charge in [-0.25, -0.2) is 10.0 Å². The summed E-state index contributed by atoms with van der Waals surface area (Å²) in [4.78, 5) is 40.9. The molecule has 3 amide bonds. The highest BCUT2D eigenvalue weighted by atomic mass is 32.3. The highest BCUT2D eigenvalue weighted by Crippen LogP contribution is 2.45. The third kappa shape index (κ3) is 6.74. The molecule has 8 heteroatoms.